The van der Waals surface area contributed by atoms with Gasteiger partial charge >= 0.3 is 0 Å². The van der Waals surface area contributed by atoms with E-state index >= 15 is 0 Å². The van der Waals surface area contributed by atoms with E-state index in [9.17, 15) is 0 Å². The fourth-order valence-electron chi connectivity index (χ4n) is 1.96. The molecule has 1 saturated heterocycles. The third-order valence-electron chi connectivity index (χ3n) is 3.10. The SMILES string of the molecule is CNC1(c2ccc3c(c2)OCO3)COC1. The molecule has 1 aromatic rings. The van der Waals surface area contributed by atoms with Gasteiger partial charge < -0.3 is 19.5 Å². The first-order valence-corrected chi connectivity index (χ1v) is 5.01. The molecule has 2 heterocycles. The zero-order chi connectivity index (χ0) is 10.3. The highest BCUT2D eigenvalue weighted by Gasteiger charge is 2.39. The van der Waals surface area contributed by atoms with Gasteiger partial charge in [0.05, 0.1) is 18.8 Å². The second kappa shape index (κ2) is 3.12. The third kappa shape index (κ3) is 1.22. The van der Waals surface area contributed by atoms with E-state index in [1.54, 1.807) is 0 Å². The topological polar surface area (TPSA) is 39.7 Å². The maximum atomic E-state index is 5.36. The van der Waals surface area contributed by atoms with Gasteiger partial charge in [-0.1, -0.05) is 6.07 Å². The highest BCUT2D eigenvalue weighted by molar-refractivity contribution is 5.47. The molecule has 1 N–H and O–H groups in total. The summed E-state index contributed by atoms with van der Waals surface area (Å²) in [4.78, 5) is 0. The molecule has 3 rings (SSSR count). The van der Waals surface area contributed by atoms with Crippen LogP contribution >= 0.6 is 0 Å². The van der Waals surface area contributed by atoms with Crippen LogP contribution in [0, 0.1) is 0 Å². The molecule has 0 unspecified atom stereocenters. The van der Waals surface area contributed by atoms with E-state index in [0.29, 0.717) is 20.0 Å². The van der Waals surface area contributed by atoms with Crippen molar-refractivity contribution in [2.75, 3.05) is 27.1 Å². The van der Waals surface area contributed by atoms with Crippen LogP contribution in [0.15, 0.2) is 18.2 Å². The van der Waals surface area contributed by atoms with Crippen LogP contribution in [-0.4, -0.2) is 27.1 Å². The molecule has 0 aliphatic carbocycles. The molecule has 2 aliphatic heterocycles. The van der Waals surface area contributed by atoms with Gasteiger partial charge in [0.2, 0.25) is 6.79 Å². The second-order valence-corrected chi connectivity index (χ2v) is 3.89. The molecule has 0 radical (unpaired) electrons. The summed E-state index contributed by atoms with van der Waals surface area (Å²) in [7, 11) is 1.95. The molecule has 0 amide bonds. The minimum Gasteiger partial charge on any atom is -0.454 e. The van der Waals surface area contributed by atoms with Crippen molar-refractivity contribution >= 4 is 0 Å². The Morgan fingerprint density at radius 3 is 2.67 bits per heavy atom. The lowest BCUT2D eigenvalue weighted by molar-refractivity contribution is -0.0748. The van der Waals surface area contributed by atoms with Crippen molar-refractivity contribution in [1.82, 2.24) is 5.32 Å². The standard InChI is InChI=1S/C11H13NO3/c1-12-11(5-13-6-11)8-2-3-9-10(4-8)15-7-14-9/h2-4,12H,5-7H2,1H3. The predicted molar refractivity (Wildman–Crippen MR) is 54.1 cm³/mol. The lowest BCUT2D eigenvalue weighted by Gasteiger charge is -2.41. The van der Waals surface area contributed by atoms with Crippen LogP contribution in [0.3, 0.4) is 0 Å². The van der Waals surface area contributed by atoms with E-state index in [1.807, 2.05) is 19.2 Å². The summed E-state index contributed by atoms with van der Waals surface area (Å²) < 4.78 is 15.9. The van der Waals surface area contributed by atoms with Gasteiger partial charge in [0.25, 0.3) is 0 Å². The molecule has 4 nitrogen and oxygen atoms in total. The van der Waals surface area contributed by atoms with E-state index in [1.165, 1.54) is 5.56 Å². The number of fused-ring (bicyclic) bond motifs is 1. The molecule has 80 valence electrons. The highest BCUT2D eigenvalue weighted by Crippen LogP contribution is 2.37. The summed E-state index contributed by atoms with van der Waals surface area (Å²) >= 11 is 0. The highest BCUT2D eigenvalue weighted by atomic mass is 16.7. The summed E-state index contributed by atoms with van der Waals surface area (Å²) in [6.45, 7) is 1.74. The van der Waals surface area contributed by atoms with Gasteiger partial charge in [0.15, 0.2) is 11.5 Å². The molecule has 4 heteroatoms. The van der Waals surface area contributed by atoms with Crippen LogP contribution in [0.1, 0.15) is 5.56 Å². The van der Waals surface area contributed by atoms with Crippen molar-refractivity contribution in [2.45, 2.75) is 5.54 Å². The van der Waals surface area contributed by atoms with Crippen LogP contribution in [-0.2, 0) is 10.3 Å². The van der Waals surface area contributed by atoms with Gasteiger partial charge in [-0.05, 0) is 24.7 Å². The van der Waals surface area contributed by atoms with E-state index in [-0.39, 0.29) is 5.54 Å². The van der Waals surface area contributed by atoms with E-state index in [0.717, 1.165) is 11.5 Å². The van der Waals surface area contributed by atoms with Crippen molar-refractivity contribution in [3.05, 3.63) is 23.8 Å². The van der Waals surface area contributed by atoms with E-state index in [4.69, 9.17) is 14.2 Å². The maximum absolute atomic E-state index is 5.36. The molecule has 2 aliphatic rings. The Balaban J connectivity index is 1.98. The molecule has 0 bridgehead atoms. The molecule has 0 spiro atoms. The number of hydrogen-bond donors (Lipinski definition) is 1. The van der Waals surface area contributed by atoms with Crippen LogP contribution in [0.25, 0.3) is 0 Å². The summed E-state index contributed by atoms with van der Waals surface area (Å²) in [6.07, 6.45) is 0. The van der Waals surface area contributed by atoms with Crippen molar-refractivity contribution in [3.63, 3.8) is 0 Å². The Morgan fingerprint density at radius 2 is 2.00 bits per heavy atom. The lowest BCUT2D eigenvalue weighted by Crippen LogP contribution is -2.56. The fourth-order valence-corrected chi connectivity index (χ4v) is 1.96. The normalized spacial score (nSPS) is 21.1. The molecule has 0 atom stereocenters. The predicted octanol–water partition coefficient (Wildman–Crippen LogP) is 0.860. The largest absolute Gasteiger partial charge is 0.454 e. The first-order valence-electron chi connectivity index (χ1n) is 5.01. The van der Waals surface area contributed by atoms with Crippen molar-refractivity contribution in [3.8, 4) is 11.5 Å². The Hall–Kier alpha value is -1.26. The summed E-state index contributed by atoms with van der Waals surface area (Å²) in [5.74, 6) is 1.65. The van der Waals surface area contributed by atoms with Gasteiger partial charge in [-0.25, -0.2) is 0 Å². The minimum atomic E-state index is -0.0407. The molecule has 0 aromatic heterocycles. The fraction of sp³-hybridized carbons (Fsp3) is 0.455. The van der Waals surface area contributed by atoms with Gasteiger partial charge in [-0.2, -0.15) is 0 Å². The van der Waals surface area contributed by atoms with Crippen molar-refractivity contribution in [2.24, 2.45) is 0 Å². The number of hydrogen-bond acceptors (Lipinski definition) is 4. The number of nitrogens with one attached hydrogen (secondary N) is 1. The Labute approximate surface area is 88.1 Å². The van der Waals surface area contributed by atoms with E-state index in [2.05, 4.69) is 11.4 Å². The summed E-state index contributed by atoms with van der Waals surface area (Å²) in [6, 6.07) is 6.04. The summed E-state index contributed by atoms with van der Waals surface area (Å²) in [5, 5.41) is 3.30. The van der Waals surface area contributed by atoms with E-state index < -0.39 is 0 Å². The average molecular weight is 207 g/mol. The molecule has 0 saturated carbocycles. The zero-order valence-corrected chi connectivity index (χ0v) is 8.58. The molecule has 15 heavy (non-hydrogen) atoms. The number of rotatable bonds is 2. The maximum Gasteiger partial charge on any atom is 0.231 e. The molecular formula is C11H13NO3. The van der Waals surface area contributed by atoms with Gasteiger partial charge in [0, 0.05) is 0 Å². The van der Waals surface area contributed by atoms with Crippen LogP contribution in [0.5, 0.6) is 11.5 Å². The molecule has 1 aromatic carbocycles. The van der Waals surface area contributed by atoms with Gasteiger partial charge in [-0.15, -0.1) is 0 Å². The van der Waals surface area contributed by atoms with Crippen LogP contribution in [0.4, 0.5) is 0 Å². The Kier molecular flexibility index (Phi) is 1.87. The quantitative estimate of drug-likeness (QED) is 0.780. The molecule has 1 fully saturated rings. The lowest BCUT2D eigenvalue weighted by atomic mass is 9.88. The monoisotopic (exact) mass is 207 g/mol. The first kappa shape index (κ1) is 9.00. The van der Waals surface area contributed by atoms with Crippen LogP contribution < -0.4 is 14.8 Å². The summed E-state index contributed by atoms with van der Waals surface area (Å²) in [5.41, 5.74) is 1.15. The number of likely N-dealkylation sites (N-methyl/N-ethyl adjacent to an activating group) is 1. The van der Waals surface area contributed by atoms with Crippen molar-refractivity contribution in [1.29, 1.82) is 0 Å². The average Bonchev–Trinajstić information content (AvgIpc) is 2.64. The minimum absolute atomic E-state index is 0.0407. The van der Waals surface area contributed by atoms with Gasteiger partial charge in [0.1, 0.15) is 0 Å². The first-order chi connectivity index (χ1) is 7.34. The second-order valence-electron chi connectivity index (χ2n) is 3.89. The Bertz CT molecular complexity index is 382. The third-order valence-corrected chi connectivity index (χ3v) is 3.10. The number of ether oxygens (including phenoxy) is 3. The molecular weight excluding hydrogens is 194 g/mol. The number of benzene rings is 1. The Morgan fingerprint density at radius 1 is 1.20 bits per heavy atom. The van der Waals surface area contributed by atoms with Gasteiger partial charge in [-0.3, -0.25) is 0 Å². The van der Waals surface area contributed by atoms with Crippen molar-refractivity contribution < 1.29 is 14.2 Å². The smallest absolute Gasteiger partial charge is 0.231 e. The zero-order valence-electron chi connectivity index (χ0n) is 8.58. The van der Waals surface area contributed by atoms with Crippen LogP contribution in [0.2, 0.25) is 0 Å².